The molecule has 0 aliphatic carbocycles. The van der Waals surface area contributed by atoms with E-state index in [1.165, 1.54) is 11.1 Å². The van der Waals surface area contributed by atoms with Crippen molar-refractivity contribution in [3.05, 3.63) is 68.6 Å². The third-order valence-electron chi connectivity index (χ3n) is 3.44. The second-order valence-electron chi connectivity index (χ2n) is 5.32. The molecule has 0 amide bonds. The van der Waals surface area contributed by atoms with E-state index in [4.69, 9.17) is 5.73 Å². The van der Waals surface area contributed by atoms with E-state index in [1.807, 2.05) is 18.2 Å². The van der Waals surface area contributed by atoms with Gasteiger partial charge in [0.25, 0.3) is 0 Å². The lowest BCUT2D eigenvalue weighted by molar-refractivity contribution is 0.311. The summed E-state index contributed by atoms with van der Waals surface area (Å²) >= 11 is 7.00. The summed E-state index contributed by atoms with van der Waals surface area (Å²) in [6, 6.07) is 16.7. The van der Waals surface area contributed by atoms with E-state index >= 15 is 0 Å². The van der Waals surface area contributed by atoms with Gasteiger partial charge in [-0.15, -0.1) is 0 Å². The first-order valence-electron chi connectivity index (χ1n) is 6.98. The molecule has 112 valence electrons. The van der Waals surface area contributed by atoms with E-state index in [9.17, 15) is 0 Å². The summed E-state index contributed by atoms with van der Waals surface area (Å²) in [5.74, 6) is 0. The summed E-state index contributed by atoms with van der Waals surface area (Å²) in [6.07, 6.45) is 0.945. The van der Waals surface area contributed by atoms with Gasteiger partial charge in [-0.05, 0) is 55.4 Å². The first-order chi connectivity index (χ1) is 10.0. The van der Waals surface area contributed by atoms with E-state index in [2.05, 4.69) is 74.1 Å². The predicted molar refractivity (Wildman–Crippen MR) is 96.2 cm³/mol. The summed E-state index contributed by atoms with van der Waals surface area (Å²) in [5.41, 5.74) is 8.76. The highest BCUT2D eigenvalue weighted by Gasteiger charge is 2.08. The average Bonchev–Trinajstić information content (AvgIpc) is 2.45. The minimum absolute atomic E-state index is 0.0764. The summed E-state index contributed by atoms with van der Waals surface area (Å²) in [4.78, 5) is 2.31. The van der Waals surface area contributed by atoms with E-state index in [1.54, 1.807) is 0 Å². The third kappa shape index (κ3) is 5.55. The molecule has 2 aromatic carbocycles. The molecular formula is C17H20Br2N2. The Labute approximate surface area is 143 Å². The van der Waals surface area contributed by atoms with Gasteiger partial charge >= 0.3 is 0 Å². The van der Waals surface area contributed by atoms with E-state index in [0.29, 0.717) is 0 Å². The van der Waals surface area contributed by atoms with Gasteiger partial charge in [0.2, 0.25) is 0 Å². The quantitative estimate of drug-likeness (QED) is 0.744. The van der Waals surface area contributed by atoms with Crippen LogP contribution in [0.25, 0.3) is 0 Å². The van der Waals surface area contributed by atoms with Crippen LogP contribution in [0.15, 0.2) is 57.5 Å². The fraction of sp³-hybridized carbons (Fsp3) is 0.294. The molecule has 0 heterocycles. The predicted octanol–water partition coefficient (Wildman–Crippen LogP) is 4.73. The molecule has 0 saturated carbocycles. The van der Waals surface area contributed by atoms with Gasteiger partial charge in [-0.1, -0.05) is 56.1 Å². The standard InChI is InChI=1S/C17H20Br2N2/c1-21(12-13-4-2-6-15(18)10-13)9-8-17(20)14-5-3-7-16(19)11-14/h2-7,10-11,17H,8-9,12,20H2,1H3. The summed E-state index contributed by atoms with van der Waals surface area (Å²) in [5, 5.41) is 0. The minimum Gasteiger partial charge on any atom is -0.324 e. The highest BCUT2D eigenvalue weighted by molar-refractivity contribution is 9.10. The first kappa shape index (κ1) is 16.7. The van der Waals surface area contributed by atoms with Crippen molar-refractivity contribution < 1.29 is 0 Å². The highest BCUT2D eigenvalue weighted by Crippen LogP contribution is 2.19. The second-order valence-corrected chi connectivity index (χ2v) is 7.15. The number of benzene rings is 2. The smallest absolute Gasteiger partial charge is 0.0307 e. The Kier molecular flexibility index (Phi) is 6.42. The van der Waals surface area contributed by atoms with E-state index in [-0.39, 0.29) is 6.04 Å². The molecule has 0 bridgehead atoms. The van der Waals surface area contributed by atoms with Crippen LogP contribution in [-0.2, 0) is 6.54 Å². The third-order valence-corrected chi connectivity index (χ3v) is 4.43. The van der Waals surface area contributed by atoms with Gasteiger partial charge in [0, 0.05) is 21.5 Å². The zero-order valence-corrected chi connectivity index (χ0v) is 15.3. The van der Waals surface area contributed by atoms with Crippen molar-refractivity contribution in [2.45, 2.75) is 19.0 Å². The Morgan fingerprint density at radius 3 is 2.38 bits per heavy atom. The van der Waals surface area contributed by atoms with Crippen molar-refractivity contribution in [2.24, 2.45) is 5.73 Å². The molecule has 0 radical (unpaired) electrons. The van der Waals surface area contributed by atoms with Gasteiger partial charge in [0.15, 0.2) is 0 Å². The Morgan fingerprint density at radius 2 is 1.71 bits per heavy atom. The maximum absolute atomic E-state index is 6.27. The molecular weight excluding hydrogens is 392 g/mol. The Hall–Kier alpha value is -0.680. The van der Waals surface area contributed by atoms with Crippen LogP contribution in [0.1, 0.15) is 23.6 Å². The van der Waals surface area contributed by atoms with Crippen LogP contribution in [0.2, 0.25) is 0 Å². The molecule has 2 nitrogen and oxygen atoms in total. The molecule has 0 spiro atoms. The van der Waals surface area contributed by atoms with Gasteiger partial charge in [0.05, 0.1) is 0 Å². The van der Waals surface area contributed by atoms with Crippen LogP contribution in [0.5, 0.6) is 0 Å². The van der Waals surface area contributed by atoms with Gasteiger partial charge in [-0.25, -0.2) is 0 Å². The molecule has 0 aliphatic heterocycles. The number of nitrogens with zero attached hydrogens (tertiary/aromatic N) is 1. The fourth-order valence-corrected chi connectivity index (χ4v) is 3.15. The summed E-state index contributed by atoms with van der Waals surface area (Å²) < 4.78 is 2.21. The highest BCUT2D eigenvalue weighted by atomic mass is 79.9. The summed E-state index contributed by atoms with van der Waals surface area (Å²) in [7, 11) is 2.13. The molecule has 2 N–H and O–H groups in total. The Bertz CT molecular complexity index is 587. The topological polar surface area (TPSA) is 29.3 Å². The molecule has 2 rings (SSSR count). The van der Waals surface area contributed by atoms with Crippen LogP contribution in [0, 0.1) is 0 Å². The maximum Gasteiger partial charge on any atom is 0.0307 e. The Balaban J connectivity index is 1.85. The lowest BCUT2D eigenvalue weighted by atomic mass is 10.0. The zero-order chi connectivity index (χ0) is 15.2. The van der Waals surface area contributed by atoms with E-state index in [0.717, 1.165) is 28.5 Å². The largest absolute Gasteiger partial charge is 0.324 e. The maximum atomic E-state index is 6.27. The fourth-order valence-electron chi connectivity index (χ4n) is 2.29. The molecule has 1 unspecified atom stereocenters. The lowest BCUT2D eigenvalue weighted by Crippen LogP contribution is -2.23. The first-order valence-corrected chi connectivity index (χ1v) is 8.57. The number of nitrogens with two attached hydrogens (primary N) is 1. The number of hydrogen-bond acceptors (Lipinski definition) is 2. The zero-order valence-electron chi connectivity index (χ0n) is 12.1. The second kappa shape index (κ2) is 8.08. The molecule has 4 heteroatoms. The van der Waals surface area contributed by atoms with E-state index < -0.39 is 0 Å². The van der Waals surface area contributed by atoms with Crippen LogP contribution in [0.3, 0.4) is 0 Å². The molecule has 0 saturated heterocycles. The number of hydrogen-bond donors (Lipinski definition) is 1. The number of rotatable bonds is 6. The van der Waals surface area contributed by atoms with Crippen LogP contribution < -0.4 is 5.73 Å². The van der Waals surface area contributed by atoms with Crippen LogP contribution >= 0.6 is 31.9 Å². The van der Waals surface area contributed by atoms with Gasteiger partial charge in [-0.3, -0.25) is 0 Å². The van der Waals surface area contributed by atoms with Gasteiger partial charge in [0.1, 0.15) is 0 Å². The van der Waals surface area contributed by atoms with Gasteiger partial charge in [-0.2, -0.15) is 0 Å². The lowest BCUT2D eigenvalue weighted by Gasteiger charge is -2.20. The minimum atomic E-state index is 0.0764. The van der Waals surface area contributed by atoms with Crippen molar-refractivity contribution in [3.8, 4) is 0 Å². The monoisotopic (exact) mass is 410 g/mol. The van der Waals surface area contributed by atoms with Crippen molar-refractivity contribution in [1.82, 2.24) is 4.90 Å². The average molecular weight is 412 g/mol. The van der Waals surface area contributed by atoms with Crippen LogP contribution in [0.4, 0.5) is 0 Å². The van der Waals surface area contributed by atoms with Crippen molar-refractivity contribution in [3.63, 3.8) is 0 Å². The Morgan fingerprint density at radius 1 is 1.05 bits per heavy atom. The molecule has 0 aromatic heterocycles. The molecule has 2 aromatic rings. The molecule has 1 atom stereocenters. The molecule has 0 aliphatic rings. The summed E-state index contributed by atoms with van der Waals surface area (Å²) in [6.45, 7) is 1.91. The van der Waals surface area contributed by atoms with Crippen molar-refractivity contribution >= 4 is 31.9 Å². The molecule has 21 heavy (non-hydrogen) atoms. The van der Waals surface area contributed by atoms with Crippen LogP contribution in [-0.4, -0.2) is 18.5 Å². The molecule has 0 fully saturated rings. The van der Waals surface area contributed by atoms with Crippen molar-refractivity contribution in [2.75, 3.05) is 13.6 Å². The SMILES string of the molecule is CN(CCC(N)c1cccc(Br)c1)Cc1cccc(Br)c1. The number of halogens is 2. The normalized spacial score (nSPS) is 12.6. The van der Waals surface area contributed by atoms with Crippen molar-refractivity contribution in [1.29, 1.82) is 0 Å². The van der Waals surface area contributed by atoms with Gasteiger partial charge < -0.3 is 10.6 Å².